The number of nitrogens with one attached hydrogen (secondary N) is 1. The van der Waals surface area contributed by atoms with Crippen LogP contribution >= 0.6 is 12.2 Å². The van der Waals surface area contributed by atoms with Crippen LogP contribution in [-0.2, 0) is 13.2 Å². The van der Waals surface area contributed by atoms with E-state index < -0.39 is 0 Å². The summed E-state index contributed by atoms with van der Waals surface area (Å²) in [5, 5.41) is 4.72. The van der Waals surface area contributed by atoms with Crippen molar-refractivity contribution in [2.24, 2.45) is 0 Å². The number of hydrogen-bond donors (Lipinski definition) is 1. The van der Waals surface area contributed by atoms with Crippen LogP contribution in [0.4, 0.5) is 4.39 Å². The molecule has 0 bridgehead atoms. The van der Waals surface area contributed by atoms with E-state index >= 15 is 0 Å². The van der Waals surface area contributed by atoms with Crippen LogP contribution in [0.25, 0.3) is 11.4 Å². The number of aryl methyl sites for hydroxylation is 1. The number of hydrogen-bond acceptors (Lipinski definition) is 2. The standard InChI is InChI=1S/C21H23FN4S/c1-15-7-3-4-8-16(15)13-24(2)14-25-21(27)26(17-11-12-17)20(23-25)18-9-5-6-10-19(18)22/h3-10,17H,11-14H2,1-2H3/p+1. The van der Waals surface area contributed by atoms with Gasteiger partial charge in [-0.3, -0.25) is 4.57 Å². The minimum atomic E-state index is -0.257. The van der Waals surface area contributed by atoms with Gasteiger partial charge in [0.05, 0.1) is 12.6 Å². The summed E-state index contributed by atoms with van der Waals surface area (Å²) in [6, 6.07) is 15.6. The maximum atomic E-state index is 14.4. The largest absolute Gasteiger partial charge is 0.315 e. The highest BCUT2D eigenvalue weighted by Crippen LogP contribution is 2.38. The first kappa shape index (κ1) is 18.1. The molecule has 0 amide bonds. The summed E-state index contributed by atoms with van der Waals surface area (Å²) in [7, 11) is 2.13. The molecule has 0 spiro atoms. The van der Waals surface area contributed by atoms with E-state index in [2.05, 4.69) is 38.2 Å². The minimum Gasteiger partial charge on any atom is -0.315 e. The van der Waals surface area contributed by atoms with Crippen LogP contribution in [0, 0.1) is 17.5 Å². The van der Waals surface area contributed by atoms with Crippen LogP contribution in [0.2, 0.25) is 0 Å². The fourth-order valence-electron chi connectivity index (χ4n) is 3.46. The molecule has 4 rings (SSSR count). The predicted molar refractivity (Wildman–Crippen MR) is 106 cm³/mol. The number of benzene rings is 2. The van der Waals surface area contributed by atoms with Crippen molar-refractivity contribution in [3.63, 3.8) is 0 Å². The Hall–Kier alpha value is -2.31. The summed E-state index contributed by atoms with van der Waals surface area (Å²) in [4.78, 5) is 1.28. The number of aromatic nitrogens is 3. The third-order valence-electron chi connectivity index (χ3n) is 5.07. The molecule has 1 atom stereocenters. The van der Waals surface area contributed by atoms with Gasteiger partial charge in [-0.25, -0.2) is 4.39 Å². The summed E-state index contributed by atoms with van der Waals surface area (Å²) in [5.74, 6) is 0.386. The van der Waals surface area contributed by atoms with Gasteiger partial charge in [0.1, 0.15) is 12.4 Å². The van der Waals surface area contributed by atoms with Gasteiger partial charge in [-0.05, 0) is 49.7 Å². The fourth-order valence-corrected chi connectivity index (χ4v) is 3.80. The summed E-state index contributed by atoms with van der Waals surface area (Å²) in [6.45, 7) is 3.67. The van der Waals surface area contributed by atoms with Crippen molar-refractivity contribution in [1.82, 2.24) is 14.3 Å². The van der Waals surface area contributed by atoms with Crippen molar-refractivity contribution in [1.29, 1.82) is 0 Å². The Morgan fingerprint density at radius 1 is 1.15 bits per heavy atom. The molecule has 3 aromatic rings. The van der Waals surface area contributed by atoms with Gasteiger partial charge in [0.25, 0.3) is 0 Å². The van der Waals surface area contributed by atoms with Gasteiger partial charge < -0.3 is 4.90 Å². The Balaban J connectivity index is 1.64. The fraction of sp³-hybridized carbons (Fsp3) is 0.333. The molecule has 1 unspecified atom stereocenters. The van der Waals surface area contributed by atoms with Gasteiger partial charge in [0, 0.05) is 11.6 Å². The summed E-state index contributed by atoms with van der Waals surface area (Å²) in [6.07, 6.45) is 2.15. The van der Waals surface area contributed by atoms with E-state index in [1.165, 1.54) is 22.1 Å². The van der Waals surface area contributed by atoms with E-state index in [0.717, 1.165) is 19.4 Å². The molecule has 0 saturated heterocycles. The quantitative estimate of drug-likeness (QED) is 0.660. The van der Waals surface area contributed by atoms with Crippen LogP contribution in [0.15, 0.2) is 48.5 Å². The Labute approximate surface area is 163 Å². The zero-order valence-corrected chi connectivity index (χ0v) is 16.5. The topological polar surface area (TPSA) is 27.2 Å². The average molecular weight is 384 g/mol. The number of halogens is 1. The molecular weight excluding hydrogens is 359 g/mol. The molecule has 1 heterocycles. The van der Waals surface area contributed by atoms with Gasteiger partial charge in [-0.2, -0.15) is 4.68 Å². The third kappa shape index (κ3) is 3.73. The smallest absolute Gasteiger partial charge is 0.203 e. The zero-order valence-electron chi connectivity index (χ0n) is 15.7. The Bertz CT molecular complexity index is 1020. The highest BCUT2D eigenvalue weighted by Gasteiger charge is 2.30. The molecule has 1 fully saturated rings. The maximum Gasteiger partial charge on any atom is 0.203 e. The maximum absolute atomic E-state index is 14.4. The minimum absolute atomic E-state index is 0.257. The number of rotatable bonds is 6. The first-order valence-corrected chi connectivity index (χ1v) is 9.75. The Morgan fingerprint density at radius 3 is 2.56 bits per heavy atom. The summed E-state index contributed by atoms with van der Waals surface area (Å²) in [5.41, 5.74) is 3.12. The van der Waals surface area contributed by atoms with Crippen molar-refractivity contribution in [2.45, 2.75) is 39.0 Å². The van der Waals surface area contributed by atoms with Crippen molar-refractivity contribution in [3.05, 3.63) is 70.2 Å². The summed E-state index contributed by atoms with van der Waals surface area (Å²) < 4.78 is 18.9. The average Bonchev–Trinajstić information content (AvgIpc) is 3.43. The van der Waals surface area contributed by atoms with E-state index in [-0.39, 0.29) is 5.82 Å². The molecule has 140 valence electrons. The number of quaternary nitrogens is 1. The third-order valence-corrected chi connectivity index (χ3v) is 5.48. The molecule has 1 aliphatic carbocycles. The van der Waals surface area contributed by atoms with Gasteiger partial charge in [0.15, 0.2) is 12.5 Å². The van der Waals surface area contributed by atoms with E-state index in [4.69, 9.17) is 17.3 Å². The van der Waals surface area contributed by atoms with Crippen molar-refractivity contribution < 1.29 is 9.29 Å². The molecule has 6 heteroatoms. The predicted octanol–water partition coefficient (Wildman–Crippen LogP) is 3.54. The first-order chi connectivity index (χ1) is 13.0. The lowest BCUT2D eigenvalue weighted by atomic mass is 10.1. The molecule has 1 aliphatic rings. The van der Waals surface area contributed by atoms with Gasteiger partial charge in [-0.1, -0.05) is 36.4 Å². The van der Waals surface area contributed by atoms with Crippen molar-refractivity contribution >= 4 is 12.2 Å². The second-order valence-corrected chi connectivity index (χ2v) is 7.77. The lowest BCUT2D eigenvalue weighted by Gasteiger charge is -2.15. The molecule has 0 aliphatic heterocycles. The highest BCUT2D eigenvalue weighted by molar-refractivity contribution is 7.71. The van der Waals surface area contributed by atoms with Crippen molar-refractivity contribution in [2.75, 3.05) is 7.05 Å². The van der Waals surface area contributed by atoms with Gasteiger partial charge in [0.2, 0.25) is 4.77 Å². The molecule has 27 heavy (non-hydrogen) atoms. The normalized spacial score (nSPS) is 15.1. The molecule has 2 aromatic carbocycles. The molecule has 1 saturated carbocycles. The lowest BCUT2D eigenvalue weighted by Crippen LogP contribution is -3.07. The van der Waals surface area contributed by atoms with E-state index in [1.54, 1.807) is 12.1 Å². The molecule has 4 nitrogen and oxygen atoms in total. The molecule has 1 N–H and O–H groups in total. The second kappa shape index (κ2) is 7.37. The van der Waals surface area contributed by atoms with Crippen LogP contribution in [0.1, 0.15) is 30.0 Å². The molecule has 0 radical (unpaired) electrons. The summed E-state index contributed by atoms with van der Waals surface area (Å²) >= 11 is 5.71. The molecule has 1 aromatic heterocycles. The van der Waals surface area contributed by atoms with Gasteiger partial charge >= 0.3 is 0 Å². The van der Waals surface area contributed by atoms with Crippen LogP contribution in [-0.4, -0.2) is 21.4 Å². The monoisotopic (exact) mass is 383 g/mol. The van der Waals surface area contributed by atoms with E-state index in [0.29, 0.717) is 28.9 Å². The van der Waals surface area contributed by atoms with Crippen LogP contribution < -0.4 is 4.90 Å². The van der Waals surface area contributed by atoms with Gasteiger partial charge in [-0.15, -0.1) is 5.10 Å². The van der Waals surface area contributed by atoms with Crippen molar-refractivity contribution in [3.8, 4) is 11.4 Å². The number of nitrogens with zero attached hydrogens (tertiary/aromatic N) is 3. The van der Waals surface area contributed by atoms with E-state index in [9.17, 15) is 4.39 Å². The first-order valence-electron chi connectivity index (χ1n) is 9.34. The zero-order chi connectivity index (χ0) is 19.0. The second-order valence-electron chi connectivity index (χ2n) is 7.41. The highest BCUT2D eigenvalue weighted by atomic mass is 32.1. The van der Waals surface area contributed by atoms with Crippen LogP contribution in [0.3, 0.4) is 0 Å². The SMILES string of the molecule is Cc1ccccc1C[NH+](C)Cn1nc(-c2ccccc2F)n(C2CC2)c1=S. The Kier molecular flexibility index (Phi) is 4.93. The Morgan fingerprint density at radius 2 is 1.85 bits per heavy atom. The lowest BCUT2D eigenvalue weighted by molar-refractivity contribution is -0.917. The molecular formula is C21H24FN4S+. The van der Waals surface area contributed by atoms with E-state index in [1.807, 2.05) is 15.3 Å². The van der Waals surface area contributed by atoms with Crippen LogP contribution in [0.5, 0.6) is 0 Å².